The van der Waals surface area contributed by atoms with Gasteiger partial charge in [-0.25, -0.2) is 4.98 Å². The molecule has 0 aliphatic carbocycles. The van der Waals surface area contributed by atoms with E-state index in [4.69, 9.17) is 4.98 Å². The van der Waals surface area contributed by atoms with Gasteiger partial charge in [-0.3, -0.25) is 4.79 Å². The summed E-state index contributed by atoms with van der Waals surface area (Å²) in [6.07, 6.45) is 5.12. The SMILES string of the molecule is Cc1ccc(C)n1-c1ccc([C@@H]2CCCCN2C(=O)c2ccccc2)cn1. The Hall–Kier alpha value is -2.88. The maximum Gasteiger partial charge on any atom is 0.254 e. The van der Waals surface area contributed by atoms with Crippen LogP contribution in [0.15, 0.2) is 60.8 Å². The number of benzene rings is 1. The van der Waals surface area contributed by atoms with Crippen molar-refractivity contribution in [3.05, 3.63) is 83.3 Å². The molecule has 0 N–H and O–H groups in total. The van der Waals surface area contributed by atoms with E-state index in [2.05, 4.69) is 42.7 Å². The van der Waals surface area contributed by atoms with Gasteiger partial charge in [0.05, 0.1) is 6.04 Å². The Labute approximate surface area is 160 Å². The van der Waals surface area contributed by atoms with Crippen molar-refractivity contribution in [2.75, 3.05) is 6.54 Å². The number of aromatic nitrogens is 2. The number of pyridine rings is 1. The van der Waals surface area contributed by atoms with E-state index in [1.807, 2.05) is 41.4 Å². The van der Waals surface area contributed by atoms with Crippen molar-refractivity contribution in [2.24, 2.45) is 0 Å². The maximum atomic E-state index is 13.0. The third kappa shape index (κ3) is 3.39. The number of likely N-dealkylation sites (tertiary alicyclic amines) is 1. The summed E-state index contributed by atoms with van der Waals surface area (Å²) < 4.78 is 2.15. The van der Waals surface area contributed by atoms with Gasteiger partial charge in [-0.05, 0) is 69.0 Å². The van der Waals surface area contributed by atoms with Crippen LogP contribution in [0.2, 0.25) is 0 Å². The molecule has 138 valence electrons. The van der Waals surface area contributed by atoms with E-state index in [1.54, 1.807) is 0 Å². The molecule has 1 atom stereocenters. The van der Waals surface area contributed by atoms with Crippen molar-refractivity contribution in [1.29, 1.82) is 0 Å². The minimum Gasteiger partial charge on any atom is -0.332 e. The molecular weight excluding hydrogens is 334 g/mol. The predicted molar refractivity (Wildman–Crippen MR) is 107 cm³/mol. The predicted octanol–water partition coefficient (Wildman–Crippen LogP) is 4.86. The molecule has 3 aromatic rings. The van der Waals surface area contributed by atoms with E-state index in [9.17, 15) is 4.79 Å². The Kier molecular flexibility index (Phi) is 4.80. The van der Waals surface area contributed by atoms with E-state index in [1.165, 1.54) is 11.4 Å². The molecule has 4 heteroatoms. The second-order valence-corrected chi connectivity index (χ2v) is 7.28. The first-order valence-electron chi connectivity index (χ1n) is 9.62. The van der Waals surface area contributed by atoms with Gasteiger partial charge in [-0.2, -0.15) is 0 Å². The van der Waals surface area contributed by atoms with Crippen LogP contribution in [0.25, 0.3) is 5.82 Å². The van der Waals surface area contributed by atoms with Crippen molar-refractivity contribution in [2.45, 2.75) is 39.2 Å². The van der Waals surface area contributed by atoms with Crippen LogP contribution in [-0.4, -0.2) is 26.9 Å². The molecule has 27 heavy (non-hydrogen) atoms. The summed E-state index contributed by atoms with van der Waals surface area (Å²) in [6, 6.07) is 18.1. The molecule has 3 heterocycles. The Morgan fingerprint density at radius 3 is 2.37 bits per heavy atom. The summed E-state index contributed by atoms with van der Waals surface area (Å²) in [7, 11) is 0. The minimum atomic E-state index is 0.0971. The smallest absolute Gasteiger partial charge is 0.254 e. The second-order valence-electron chi connectivity index (χ2n) is 7.28. The zero-order valence-corrected chi connectivity index (χ0v) is 15.9. The molecule has 1 amide bonds. The molecule has 0 radical (unpaired) electrons. The molecule has 0 saturated carbocycles. The van der Waals surface area contributed by atoms with Crippen molar-refractivity contribution in [3.8, 4) is 5.82 Å². The zero-order valence-electron chi connectivity index (χ0n) is 15.9. The van der Waals surface area contributed by atoms with Crippen molar-refractivity contribution in [1.82, 2.24) is 14.5 Å². The van der Waals surface area contributed by atoms with Gasteiger partial charge in [-0.1, -0.05) is 24.3 Å². The standard InChI is InChI=1S/C23H25N3O/c1-17-11-12-18(2)26(17)22-14-13-20(16-24-22)21-10-6-7-15-25(21)23(27)19-8-4-3-5-9-19/h3-5,8-9,11-14,16,21H,6-7,10,15H2,1-2H3/t21-/m0/s1. The van der Waals surface area contributed by atoms with Crippen LogP contribution >= 0.6 is 0 Å². The number of aryl methyl sites for hydroxylation is 2. The lowest BCUT2D eigenvalue weighted by Gasteiger charge is -2.36. The molecule has 0 unspecified atom stereocenters. The first-order chi connectivity index (χ1) is 13.1. The van der Waals surface area contributed by atoms with Gasteiger partial charge in [-0.15, -0.1) is 0 Å². The molecular formula is C23H25N3O. The van der Waals surface area contributed by atoms with E-state index < -0.39 is 0 Å². The molecule has 2 aromatic heterocycles. The van der Waals surface area contributed by atoms with Gasteiger partial charge in [0.2, 0.25) is 0 Å². The Morgan fingerprint density at radius 1 is 0.963 bits per heavy atom. The summed E-state index contributed by atoms with van der Waals surface area (Å²) >= 11 is 0. The first kappa shape index (κ1) is 17.5. The molecule has 1 aliphatic heterocycles. The highest BCUT2D eigenvalue weighted by molar-refractivity contribution is 5.94. The van der Waals surface area contributed by atoms with Crippen LogP contribution in [0.1, 0.15) is 52.6 Å². The number of amides is 1. The summed E-state index contributed by atoms with van der Waals surface area (Å²) in [4.78, 5) is 19.8. The molecule has 1 aliphatic rings. The molecule has 0 spiro atoms. The first-order valence-corrected chi connectivity index (χ1v) is 9.62. The third-order valence-electron chi connectivity index (χ3n) is 5.44. The average molecular weight is 359 g/mol. The molecule has 1 saturated heterocycles. The fourth-order valence-corrected chi connectivity index (χ4v) is 4.02. The lowest BCUT2D eigenvalue weighted by atomic mass is 9.95. The highest BCUT2D eigenvalue weighted by atomic mass is 16.2. The number of carbonyl (C=O) groups excluding carboxylic acids is 1. The number of hydrogen-bond acceptors (Lipinski definition) is 2. The lowest BCUT2D eigenvalue weighted by Crippen LogP contribution is -2.38. The lowest BCUT2D eigenvalue weighted by molar-refractivity contribution is 0.0611. The normalized spacial score (nSPS) is 17.1. The highest BCUT2D eigenvalue weighted by Gasteiger charge is 2.28. The van der Waals surface area contributed by atoms with Gasteiger partial charge in [0.25, 0.3) is 5.91 Å². The fraction of sp³-hybridized carbons (Fsp3) is 0.304. The van der Waals surface area contributed by atoms with Crippen LogP contribution < -0.4 is 0 Å². The molecule has 1 fully saturated rings. The van der Waals surface area contributed by atoms with Crippen LogP contribution in [0.3, 0.4) is 0 Å². The highest BCUT2D eigenvalue weighted by Crippen LogP contribution is 2.32. The molecule has 0 bridgehead atoms. The third-order valence-corrected chi connectivity index (χ3v) is 5.44. The molecule has 1 aromatic carbocycles. The number of nitrogens with zero attached hydrogens (tertiary/aromatic N) is 3. The summed E-state index contributed by atoms with van der Waals surface area (Å²) in [5.74, 6) is 1.04. The summed E-state index contributed by atoms with van der Waals surface area (Å²) in [6.45, 7) is 4.98. The number of piperidine rings is 1. The van der Waals surface area contributed by atoms with Crippen LogP contribution in [0, 0.1) is 13.8 Å². The van der Waals surface area contributed by atoms with Gasteiger partial charge in [0.1, 0.15) is 5.82 Å². The number of carbonyl (C=O) groups is 1. The van der Waals surface area contributed by atoms with Crippen molar-refractivity contribution >= 4 is 5.91 Å². The topological polar surface area (TPSA) is 38.1 Å². The van der Waals surface area contributed by atoms with Crippen LogP contribution in [0.4, 0.5) is 0 Å². The van der Waals surface area contributed by atoms with Gasteiger partial charge < -0.3 is 9.47 Å². The quantitative estimate of drug-likeness (QED) is 0.670. The summed E-state index contributed by atoms with van der Waals surface area (Å²) in [5.41, 5.74) is 4.22. The Morgan fingerprint density at radius 2 is 1.70 bits per heavy atom. The van der Waals surface area contributed by atoms with E-state index >= 15 is 0 Å². The Bertz CT molecular complexity index is 909. The van der Waals surface area contributed by atoms with Crippen molar-refractivity contribution in [3.63, 3.8) is 0 Å². The number of rotatable bonds is 3. The zero-order chi connectivity index (χ0) is 18.8. The van der Waals surface area contributed by atoms with Gasteiger partial charge >= 0.3 is 0 Å². The van der Waals surface area contributed by atoms with Crippen molar-refractivity contribution < 1.29 is 4.79 Å². The van der Waals surface area contributed by atoms with Gasteiger partial charge in [0.15, 0.2) is 0 Å². The summed E-state index contributed by atoms with van der Waals surface area (Å²) in [5, 5.41) is 0. The average Bonchev–Trinajstić information content (AvgIpc) is 3.06. The largest absolute Gasteiger partial charge is 0.332 e. The number of hydrogen-bond donors (Lipinski definition) is 0. The van der Waals surface area contributed by atoms with Gasteiger partial charge in [0, 0.05) is 29.7 Å². The minimum absolute atomic E-state index is 0.0971. The van der Waals surface area contributed by atoms with E-state index in [0.29, 0.717) is 0 Å². The van der Waals surface area contributed by atoms with Crippen LogP contribution in [0.5, 0.6) is 0 Å². The van der Waals surface area contributed by atoms with E-state index in [-0.39, 0.29) is 11.9 Å². The Balaban J connectivity index is 1.62. The maximum absolute atomic E-state index is 13.0. The fourth-order valence-electron chi connectivity index (χ4n) is 4.02. The molecule has 4 rings (SSSR count). The molecule has 4 nitrogen and oxygen atoms in total. The second kappa shape index (κ2) is 7.39. The van der Waals surface area contributed by atoms with E-state index in [0.717, 1.165) is 42.8 Å². The van der Waals surface area contributed by atoms with Crippen LogP contribution in [-0.2, 0) is 0 Å². The monoisotopic (exact) mass is 359 g/mol.